The van der Waals surface area contributed by atoms with Crippen LogP contribution in [-0.2, 0) is 9.47 Å². The SMILES string of the molecule is CCC[C@@H]1[C@@]2(C)OC(=N)[C@@]1(C#N)C(C#N)(C#N)[C@@H](CCC)O2. The summed E-state index contributed by atoms with van der Waals surface area (Å²) in [4.78, 5) is 0. The second-order valence-corrected chi connectivity index (χ2v) is 6.14. The third-order valence-corrected chi connectivity index (χ3v) is 4.96. The van der Waals surface area contributed by atoms with Crippen LogP contribution >= 0.6 is 0 Å². The Labute approximate surface area is 130 Å². The highest BCUT2D eigenvalue weighted by atomic mass is 16.7. The van der Waals surface area contributed by atoms with Crippen LogP contribution in [0.5, 0.6) is 0 Å². The zero-order valence-electron chi connectivity index (χ0n) is 13.1. The van der Waals surface area contributed by atoms with Gasteiger partial charge in [-0.1, -0.05) is 26.7 Å². The number of ether oxygens (including phenoxy) is 2. The number of hydrogen-bond donors (Lipinski definition) is 1. The van der Waals surface area contributed by atoms with Gasteiger partial charge in [0.05, 0.1) is 30.2 Å². The Balaban J connectivity index is 2.74. The fraction of sp³-hybridized carbons (Fsp3) is 0.750. The van der Waals surface area contributed by atoms with Gasteiger partial charge >= 0.3 is 0 Å². The van der Waals surface area contributed by atoms with E-state index in [1.807, 2.05) is 26.0 Å². The van der Waals surface area contributed by atoms with Crippen LogP contribution in [0.4, 0.5) is 0 Å². The summed E-state index contributed by atoms with van der Waals surface area (Å²) < 4.78 is 11.6. The van der Waals surface area contributed by atoms with Gasteiger partial charge in [0, 0.05) is 6.92 Å². The Morgan fingerprint density at radius 2 is 1.68 bits per heavy atom. The summed E-state index contributed by atoms with van der Waals surface area (Å²) in [5, 5.41) is 37.7. The number of rotatable bonds is 4. The van der Waals surface area contributed by atoms with Gasteiger partial charge in [-0.25, -0.2) is 0 Å². The quantitative estimate of drug-likeness (QED) is 0.857. The van der Waals surface area contributed by atoms with Crippen LogP contribution in [0.3, 0.4) is 0 Å². The summed E-state index contributed by atoms with van der Waals surface area (Å²) in [5.74, 6) is -1.94. The van der Waals surface area contributed by atoms with Gasteiger partial charge in [0.2, 0.25) is 11.7 Å². The maximum Gasteiger partial charge on any atom is 0.214 e. The molecule has 22 heavy (non-hydrogen) atoms. The Hall–Kier alpha value is -2.10. The number of nitrogens with one attached hydrogen (secondary N) is 1. The molecule has 0 saturated carbocycles. The normalized spacial score (nSPS) is 38.5. The summed E-state index contributed by atoms with van der Waals surface area (Å²) >= 11 is 0. The maximum absolute atomic E-state index is 9.91. The molecule has 0 aromatic carbocycles. The minimum atomic E-state index is -1.72. The van der Waals surface area contributed by atoms with E-state index in [1.165, 1.54) is 0 Å². The summed E-state index contributed by atoms with van der Waals surface area (Å²) in [7, 11) is 0. The lowest BCUT2D eigenvalue weighted by Crippen LogP contribution is -2.61. The second kappa shape index (κ2) is 5.27. The lowest BCUT2D eigenvalue weighted by atomic mass is 9.53. The van der Waals surface area contributed by atoms with E-state index >= 15 is 0 Å². The van der Waals surface area contributed by atoms with E-state index in [2.05, 4.69) is 6.07 Å². The highest BCUT2D eigenvalue weighted by Crippen LogP contribution is 2.64. The van der Waals surface area contributed by atoms with Gasteiger partial charge in [-0.2, -0.15) is 15.8 Å². The molecule has 2 bridgehead atoms. The molecule has 2 aliphatic rings. The van der Waals surface area contributed by atoms with Crippen molar-refractivity contribution in [3.05, 3.63) is 0 Å². The molecule has 116 valence electrons. The standard InChI is InChI=1S/C16H20N4O2/c1-4-6-11-14(3)21-12(7-5-2)15(8-17,9-18)16(11,10-19)13(20)22-14/h11-12,20H,4-7H2,1-3H3/t11-,12-,14-,16+/m1/s1. The Bertz CT molecular complexity index is 597. The summed E-state index contributed by atoms with van der Waals surface area (Å²) in [5.41, 5.74) is -3.29. The van der Waals surface area contributed by atoms with E-state index in [-0.39, 0.29) is 5.90 Å². The van der Waals surface area contributed by atoms with Crippen molar-refractivity contribution in [1.29, 1.82) is 21.2 Å². The number of nitriles is 3. The van der Waals surface area contributed by atoms with E-state index in [0.29, 0.717) is 19.3 Å². The molecular formula is C16H20N4O2. The smallest absolute Gasteiger partial charge is 0.214 e. The fourth-order valence-corrected chi connectivity index (χ4v) is 3.96. The third-order valence-electron chi connectivity index (χ3n) is 4.96. The van der Waals surface area contributed by atoms with Crippen molar-refractivity contribution in [2.24, 2.45) is 16.7 Å². The van der Waals surface area contributed by atoms with Gasteiger partial charge in [-0.3, -0.25) is 5.41 Å². The second-order valence-electron chi connectivity index (χ2n) is 6.14. The molecule has 6 heteroatoms. The minimum Gasteiger partial charge on any atom is -0.448 e. The first-order valence-electron chi connectivity index (χ1n) is 7.62. The van der Waals surface area contributed by atoms with Gasteiger partial charge < -0.3 is 9.47 Å². The van der Waals surface area contributed by atoms with Crippen LogP contribution in [0.1, 0.15) is 46.5 Å². The van der Waals surface area contributed by atoms with E-state index in [1.54, 1.807) is 6.92 Å². The predicted molar refractivity (Wildman–Crippen MR) is 77.1 cm³/mol. The van der Waals surface area contributed by atoms with Gasteiger partial charge in [0.1, 0.15) is 0 Å². The molecule has 4 atom stereocenters. The molecular weight excluding hydrogens is 280 g/mol. The zero-order chi connectivity index (χ0) is 16.6. The van der Waals surface area contributed by atoms with E-state index in [9.17, 15) is 15.8 Å². The Morgan fingerprint density at radius 1 is 1.09 bits per heavy atom. The molecule has 2 aliphatic heterocycles. The van der Waals surface area contributed by atoms with Gasteiger partial charge in [-0.15, -0.1) is 0 Å². The van der Waals surface area contributed by atoms with Crippen molar-refractivity contribution in [3.8, 4) is 18.2 Å². The summed E-state index contributed by atoms with van der Waals surface area (Å²) in [6, 6.07) is 6.18. The molecule has 2 saturated heterocycles. The largest absolute Gasteiger partial charge is 0.448 e. The summed E-state index contributed by atoms with van der Waals surface area (Å²) in [6.45, 7) is 5.59. The lowest BCUT2D eigenvalue weighted by Gasteiger charge is -2.48. The van der Waals surface area contributed by atoms with Crippen LogP contribution in [0.25, 0.3) is 0 Å². The van der Waals surface area contributed by atoms with Crippen LogP contribution in [0.2, 0.25) is 0 Å². The third kappa shape index (κ3) is 1.64. The molecule has 0 amide bonds. The predicted octanol–water partition coefficient (Wildman–Crippen LogP) is 2.87. The minimum absolute atomic E-state index is 0.308. The van der Waals surface area contributed by atoms with Crippen LogP contribution < -0.4 is 0 Å². The molecule has 0 radical (unpaired) electrons. The molecule has 0 aromatic rings. The first-order valence-corrected chi connectivity index (χ1v) is 7.62. The van der Waals surface area contributed by atoms with E-state index < -0.39 is 28.6 Å². The molecule has 0 aliphatic carbocycles. The van der Waals surface area contributed by atoms with Gasteiger partial charge in [0.15, 0.2) is 10.8 Å². The highest BCUT2D eigenvalue weighted by molar-refractivity contribution is 5.89. The van der Waals surface area contributed by atoms with Crippen molar-refractivity contribution in [1.82, 2.24) is 0 Å². The zero-order valence-corrected chi connectivity index (χ0v) is 13.1. The number of hydrogen-bond acceptors (Lipinski definition) is 6. The molecule has 2 heterocycles. The Morgan fingerprint density at radius 3 is 2.14 bits per heavy atom. The van der Waals surface area contributed by atoms with Crippen LogP contribution in [-0.4, -0.2) is 17.8 Å². The fourth-order valence-electron chi connectivity index (χ4n) is 3.96. The van der Waals surface area contributed by atoms with E-state index in [4.69, 9.17) is 14.9 Å². The average molecular weight is 300 g/mol. The topological polar surface area (TPSA) is 114 Å². The van der Waals surface area contributed by atoms with Crippen molar-refractivity contribution >= 4 is 5.90 Å². The highest BCUT2D eigenvalue weighted by Gasteiger charge is 2.78. The van der Waals surface area contributed by atoms with Crippen LogP contribution in [0.15, 0.2) is 0 Å². The van der Waals surface area contributed by atoms with Crippen molar-refractivity contribution in [2.75, 3.05) is 0 Å². The molecule has 0 aromatic heterocycles. The molecule has 1 N–H and O–H groups in total. The molecule has 0 unspecified atom stereocenters. The first kappa shape index (κ1) is 16.3. The molecule has 2 fully saturated rings. The first-order chi connectivity index (χ1) is 10.4. The van der Waals surface area contributed by atoms with Gasteiger partial charge in [0.25, 0.3) is 0 Å². The average Bonchev–Trinajstić information content (AvgIpc) is 2.66. The lowest BCUT2D eigenvalue weighted by molar-refractivity contribution is -0.271. The van der Waals surface area contributed by atoms with Gasteiger partial charge in [-0.05, 0) is 12.8 Å². The van der Waals surface area contributed by atoms with Crippen molar-refractivity contribution in [3.63, 3.8) is 0 Å². The van der Waals surface area contributed by atoms with E-state index in [0.717, 1.165) is 6.42 Å². The molecule has 6 nitrogen and oxygen atoms in total. The molecule has 0 spiro atoms. The van der Waals surface area contributed by atoms with Crippen molar-refractivity contribution < 1.29 is 9.47 Å². The Kier molecular flexibility index (Phi) is 3.90. The van der Waals surface area contributed by atoms with Crippen LogP contribution in [0, 0.1) is 56.2 Å². The summed E-state index contributed by atoms with van der Waals surface area (Å²) in [6.07, 6.45) is 1.73. The number of nitrogens with zero attached hydrogens (tertiary/aromatic N) is 3. The number of fused-ring (bicyclic) bond motifs is 2. The monoisotopic (exact) mass is 300 g/mol. The van der Waals surface area contributed by atoms with Crippen molar-refractivity contribution in [2.45, 2.75) is 58.3 Å². The molecule has 2 rings (SSSR count). The maximum atomic E-state index is 9.91.